The van der Waals surface area contributed by atoms with Gasteiger partial charge in [-0.1, -0.05) is 61.2 Å². The number of hydrogen-bond donors (Lipinski definition) is 2. The summed E-state index contributed by atoms with van der Waals surface area (Å²) < 4.78 is 41.0. The van der Waals surface area contributed by atoms with Crippen LogP contribution in [0.2, 0.25) is 0 Å². The average molecular weight is 465 g/mol. The van der Waals surface area contributed by atoms with Crippen LogP contribution in [0.15, 0.2) is 90.9 Å². The van der Waals surface area contributed by atoms with Gasteiger partial charge in [0.2, 0.25) is 5.96 Å². The molecule has 3 aromatic rings. The molecule has 0 atom stereocenters. The van der Waals surface area contributed by atoms with Gasteiger partial charge in [0.25, 0.3) is 0 Å². The highest BCUT2D eigenvalue weighted by Crippen LogP contribution is 2.33. The largest absolute Gasteiger partial charge is 0.416 e. The van der Waals surface area contributed by atoms with E-state index in [2.05, 4.69) is 23.5 Å². The van der Waals surface area contributed by atoms with Crippen LogP contribution in [0.4, 0.5) is 24.5 Å². The highest BCUT2D eigenvalue weighted by molar-refractivity contribution is 6.05. The first-order valence-corrected chi connectivity index (χ1v) is 10.6. The van der Waals surface area contributed by atoms with E-state index in [0.29, 0.717) is 17.3 Å². The minimum absolute atomic E-state index is 0.0534. The number of aliphatic imine (C=N–C) groups is 1. The van der Waals surface area contributed by atoms with Crippen LogP contribution in [0.1, 0.15) is 29.2 Å². The van der Waals surface area contributed by atoms with Gasteiger partial charge in [0.1, 0.15) is 0 Å². The highest BCUT2D eigenvalue weighted by Gasteiger charge is 2.33. The van der Waals surface area contributed by atoms with Crippen molar-refractivity contribution in [2.24, 2.45) is 10.7 Å². The molecule has 0 saturated carbocycles. The lowest BCUT2D eigenvalue weighted by Gasteiger charge is -2.28. The summed E-state index contributed by atoms with van der Waals surface area (Å²) in [5.41, 5.74) is 9.67. The molecular weight excluding hydrogens is 437 g/mol. The fourth-order valence-electron chi connectivity index (χ4n) is 3.46. The molecule has 0 radical (unpaired) electrons. The molecule has 0 fully saturated rings. The van der Waals surface area contributed by atoms with Crippen molar-refractivity contribution < 1.29 is 13.2 Å². The lowest BCUT2D eigenvalue weighted by molar-refractivity contribution is -0.138. The Bertz CT molecular complexity index is 1190. The Kier molecular flexibility index (Phi) is 7.46. The Morgan fingerprint density at radius 1 is 0.941 bits per heavy atom. The molecular formula is C27H27F3N4. The summed E-state index contributed by atoms with van der Waals surface area (Å²) in [5, 5.41) is 3.23. The van der Waals surface area contributed by atoms with Crippen molar-refractivity contribution in [3.05, 3.63) is 108 Å². The molecule has 0 heterocycles. The summed E-state index contributed by atoms with van der Waals surface area (Å²) in [7, 11) is 1.59. The lowest BCUT2D eigenvalue weighted by atomic mass is 10.1. The van der Waals surface area contributed by atoms with Crippen molar-refractivity contribution in [3.63, 3.8) is 0 Å². The summed E-state index contributed by atoms with van der Waals surface area (Å²) in [4.78, 5) is 6.05. The quantitative estimate of drug-likeness (QED) is 0.313. The average Bonchev–Trinajstić information content (AvgIpc) is 2.81. The number of rotatable bonds is 6. The number of anilines is 2. The predicted octanol–water partition coefficient (Wildman–Crippen LogP) is 6.77. The molecule has 0 unspecified atom stereocenters. The van der Waals surface area contributed by atoms with Crippen LogP contribution in [0.5, 0.6) is 0 Å². The highest BCUT2D eigenvalue weighted by atomic mass is 19.4. The Morgan fingerprint density at radius 3 is 2.06 bits per heavy atom. The maximum Gasteiger partial charge on any atom is 0.416 e. The summed E-state index contributed by atoms with van der Waals surface area (Å²) in [6, 6.07) is 20.2. The van der Waals surface area contributed by atoms with Crippen molar-refractivity contribution in [1.29, 1.82) is 0 Å². The van der Waals surface area contributed by atoms with E-state index < -0.39 is 11.7 Å². The van der Waals surface area contributed by atoms with Crippen molar-refractivity contribution in [1.82, 2.24) is 0 Å². The SMILES string of the molecule is C=C(C)c1ccc(NC(=NC)N(Cc2ccccc2C(F)(F)F)c2ccc(C(=C)N)cc2)cc1. The normalized spacial score (nSPS) is 11.7. The summed E-state index contributed by atoms with van der Waals surface area (Å²) in [6.45, 7) is 9.53. The monoisotopic (exact) mass is 464 g/mol. The van der Waals surface area contributed by atoms with E-state index in [0.717, 1.165) is 28.5 Å². The molecule has 0 bridgehead atoms. The van der Waals surface area contributed by atoms with Crippen LogP contribution in [0, 0.1) is 0 Å². The van der Waals surface area contributed by atoms with Crippen LogP contribution in [-0.4, -0.2) is 13.0 Å². The summed E-state index contributed by atoms with van der Waals surface area (Å²) >= 11 is 0. The summed E-state index contributed by atoms with van der Waals surface area (Å²) in [5.74, 6) is 0.388. The Balaban J connectivity index is 2.02. The van der Waals surface area contributed by atoms with Crippen molar-refractivity contribution in [2.45, 2.75) is 19.6 Å². The number of nitrogens with zero attached hydrogens (tertiary/aromatic N) is 2. The van der Waals surface area contributed by atoms with Crippen molar-refractivity contribution >= 4 is 28.6 Å². The van der Waals surface area contributed by atoms with Gasteiger partial charge in [0, 0.05) is 24.1 Å². The molecule has 0 saturated heterocycles. The molecule has 3 aromatic carbocycles. The fraction of sp³-hybridized carbons (Fsp3) is 0.148. The van der Waals surface area contributed by atoms with Gasteiger partial charge in [-0.05, 0) is 53.9 Å². The number of guanidine groups is 1. The van der Waals surface area contributed by atoms with Crippen LogP contribution in [-0.2, 0) is 12.7 Å². The molecule has 3 N–H and O–H groups in total. The first-order valence-electron chi connectivity index (χ1n) is 10.6. The number of alkyl halides is 3. The molecule has 7 heteroatoms. The van der Waals surface area contributed by atoms with E-state index in [1.165, 1.54) is 12.1 Å². The fourth-order valence-corrected chi connectivity index (χ4v) is 3.46. The van der Waals surface area contributed by atoms with E-state index in [1.54, 1.807) is 42.3 Å². The molecule has 0 amide bonds. The first kappa shape index (κ1) is 24.6. The van der Waals surface area contributed by atoms with Crippen molar-refractivity contribution in [3.8, 4) is 0 Å². The number of benzene rings is 3. The minimum Gasteiger partial charge on any atom is -0.399 e. The number of nitrogens with two attached hydrogens (primary N) is 1. The predicted molar refractivity (Wildman–Crippen MR) is 135 cm³/mol. The molecule has 176 valence electrons. The molecule has 0 spiro atoms. The smallest absolute Gasteiger partial charge is 0.399 e. The maximum absolute atomic E-state index is 13.7. The van der Waals surface area contributed by atoms with E-state index in [9.17, 15) is 13.2 Å². The molecule has 0 aliphatic heterocycles. The van der Waals surface area contributed by atoms with Gasteiger partial charge in [0.05, 0.1) is 12.1 Å². The van der Waals surface area contributed by atoms with E-state index >= 15 is 0 Å². The third-order valence-corrected chi connectivity index (χ3v) is 5.30. The molecule has 0 aliphatic carbocycles. The van der Waals surface area contributed by atoms with E-state index in [4.69, 9.17) is 5.73 Å². The third-order valence-electron chi connectivity index (χ3n) is 5.30. The Hall–Kier alpha value is -4.00. The Labute approximate surface area is 197 Å². The zero-order valence-electron chi connectivity index (χ0n) is 19.2. The molecule has 3 rings (SSSR count). The number of nitrogens with one attached hydrogen (secondary N) is 1. The second-order valence-corrected chi connectivity index (χ2v) is 7.84. The van der Waals surface area contributed by atoms with Crippen molar-refractivity contribution in [2.75, 3.05) is 17.3 Å². The topological polar surface area (TPSA) is 53.7 Å². The first-order chi connectivity index (χ1) is 16.1. The minimum atomic E-state index is -4.47. The third kappa shape index (κ3) is 5.86. The maximum atomic E-state index is 13.7. The zero-order valence-corrected chi connectivity index (χ0v) is 19.2. The molecule has 4 nitrogen and oxygen atoms in total. The summed E-state index contributed by atoms with van der Waals surface area (Å²) in [6.07, 6.45) is -4.47. The Morgan fingerprint density at radius 2 is 1.53 bits per heavy atom. The van der Waals surface area contributed by atoms with Crippen LogP contribution < -0.4 is 16.0 Å². The number of halogens is 3. The van der Waals surface area contributed by atoms with Gasteiger partial charge < -0.3 is 16.0 Å². The molecule has 0 aliphatic rings. The van der Waals surface area contributed by atoms with Gasteiger partial charge in [-0.25, -0.2) is 0 Å². The zero-order chi connectivity index (χ0) is 24.9. The number of hydrogen-bond acceptors (Lipinski definition) is 2. The van der Waals surface area contributed by atoms with Crippen LogP contribution in [0.3, 0.4) is 0 Å². The molecule has 0 aromatic heterocycles. The van der Waals surface area contributed by atoms with E-state index in [-0.39, 0.29) is 12.1 Å². The van der Waals surface area contributed by atoms with Crippen LogP contribution in [0.25, 0.3) is 11.3 Å². The van der Waals surface area contributed by atoms with Crippen LogP contribution >= 0.6 is 0 Å². The molecule has 34 heavy (non-hydrogen) atoms. The second kappa shape index (κ2) is 10.3. The lowest BCUT2D eigenvalue weighted by Crippen LogP contribution is -2.36. The number of allylic oxidation sites excluding steroid dienone is 1. The van der Waals surface area contributed by atoms with E-state index in [1.807, 2.05) is 31.2 Å². The van der Waals surface area contributed by atoms with Gasteiger partial charge in [-0.3, -0.25) is 4.99 Å². The standard InChI is InChI=1S/C27H27F3N4/c1-18(2)20-9-13-23(14-10-20)33-26(32-4)34(24-15-11-21(12-16-24)19(3)31)17-22-7-5-6-8-25(22)27(28,29)30/h5-16H,1,3,17,31H2,2,4H3,(H,32,33). The van der Waals surface area contributed by atoms with Gasteiger partial charge in [-0.2, -0.15) is 13.2 Å². The van der Waals surface area contributed by atoms with Gasteiger partial charge in [-0.15, -0.1) is 0 Å². The van der Waals surface area contributed by atoms with Gasteiger partial charge in [0.15, 0.2) is 0 Å². The van der Waals surface area contributed by atoms with Gasteiger partial charge >= 0.3 is 6.18 Å². The second-order valence-electron chi connectivity index (χ2n) is 7.84.